The number of amides is 1. The van der Waals surface area contributed by atoms with Crippen LogP contribution in [-0.2, 0) is 21.4 Å². The summed E-state index contributed by atoms with van der Waals surface area (Å²) in [5.41, 5.74) is 1.45. The summed E-state index contributed by atoms with van der Waals surface area (Å²) in [5, 5.41) is 4.78. The van der Waals surface area contributed by atoms with Gasteiger partial charge in [-0.1, -0.05) is 12.1 Å². The summed E-state index contributed by atoms with van der Waals surface area (Å²) in [6.45, 7) is 3.64. The molecule has 0 radical (unpaired) electrons. The van der Waals surface area contributed by atoms with Crippen molar-refractivity contribution >= 4 is 26.8 Å². The summed E-state index contributed by atoms with van der Waals surface area (Å²) in [6.07, 6.45) is 4.98. The average molecular weight is 414 g/mol. The van der Waals surface area contributed by atoms with Gasteiger partial charge in [-0.05, 0) is 24.6 Å². The van der Waals surface area contributed by atoms with Crippen molar-refractivity contribution in [2.75, 3.05) is 26.2 Å². The van der Waals surface area contributed by atoms with E-state index in [9.17, 15) is 13.2 Å². The lowest BCUT2D eigenvalue weighted by Gasteiger charge is -2.34. The van der Waals surface area contributed by atoms with Gasteiger partial charge in [0.05, 0.1) is 12.1 Å². The van der Waals surface area contributed by atoms with Crippen molar-refractivity contribution in [1.29, 1.82) is 0 Å². The number of hydrogen-bond donors (Lipinski definition) is 0. The van der Waals surface area contributed by atoms with E-state index in [1.165, 1.54) is 10.6 Å². The highest BCUT2D eigenvalue weighted by atomic mass is 32.2. The van der Waals surface area contributed by atoms with Crippen LogP contribution in [0.1, 0.15) is 12.0 Å². The Morgan fingerprint density at radius 1 is 1.17 bits per heavy atom. The maximum Gasteiger partial charge on any atom is 0.245 e. The Balaban J connectivity index is 1.44. The zero-order valence-electron chi connectivity index (χ0n) is 16.1. The van der Waals surface area contributed by atoms with Gasteiger partial charge in [-0.25, -0.2) is 13.4 Å². The average Bonchev–Trinajstić information content (AvgIpc) is 3.25. The Hall–Kier alpha value is -2.85. The van der Waals surface area contributed by atoms with Gasteiger partial charge in [-0.3, -0.25) is 14.5 Å². The Morgan fingerprint density at radius 3 is 2.69 bits per heavy atom. The number of piperazine rings is 1. The zero-order valence-corrected chi connectivity index (χ0v) is 16.9. The number of aryl methyl sites for hydroxylation is 2. The van der Waals surface area contributed by atoms with Crippen molar-refractivity contribution in [3.8, 4) is 0 Å². The van der Waals surface area contributed by atoms with E-state index in [-0.39, 0.29) is 23.9 Å². The number of rotatable bonds is 5. The van der Waals surface area contributed by atoms with Crippen LogP contribution in [0.25, 0.3) is 10.9 Å². The molecule has 4 rings (SSSR count). The Bertz CT molecular complexity index is 1120. The van der Waals surface area contributed by atoms with Crippen LogP contribution in [0.4, 0.5) is 0 Å². The van der Waals surface area contributed by atoms with Crippen molar-refractivity contribution in [2.24, 2.45) is 0 Å². The molecule has 10 heteroatoms. The molecule has 0 unspecified atom stereocenters. The van der Waals surface area contributed by atoms with E-state index in [0.29, 0.717) is 31.6 Å². The number of aromatic nitrogens is 4. The normalized spacial score (nSPS) is 15.7. The van der Waals surface area contributed by atoms with Crippen LogP contribution >= 0.6 is 0 Å². The van der Waals surface area contributed by atoms with Gasteiger partial charge in [0.15, 0.2) is 0 Å². The van der Waals surface area contributed by atoms with Gasteiger partial charge in [0.25, 0.3) is 0 Å². The number of pyridine rings is 1. The van der Waals surface area contributed by atoms with Crippen LogP contribution in [-0.4, -0.2) is 69.5 Å². The van der Waals surface area contributed by atoms with Crippen LogP contribution < -0.4 is 0 Å². The molecule has 1 saturated heterocycles. The van der Waals surface area contributed by atoms with E-state index in [1.807, 2.05) is 19.1 Å². The molecule has 0 bridgehead atoms. The fourth-order valence-electron chi connectivity index (χ4n) is 3.48. The SMILES string of the molecule is Cc1cnc2c(S(=O)(=O)N3CCN(C(=O)CCn4cncn4)CC3)cccc2c1. The second kappa shape index (κ2) is 7.88. The second-order valence-corrected chi connectivity index (χ2v) is 8.94. The molecule has 3 aromatic rings. The first-order valence-electron chi connectivity index (χ1n) is 9.41. The van der Waals surface area contributed by atoms with Crippen molar-refractivity contribution in [1.82, 2.24) is 29.0 Å². The number of benzene rings is 1. The van der Waals surface area contributed by atoms with E-state index >= 15 is 0 Å². The lowest BCUT2D eigenvalue weighted by molar-refractivity contribution is -0.132. The van der Waals surface area contributed by atoms with Gasteiger partial charge in [-0.2, -0.15) is 9.40 Å². The fraction of sp³-hybridized carbons (Fsp3) is 0.368. The molecule has 2 aromatic heterocycles. The van der Waals surface area contributed by atoms with E-state index < -0.39 is 10.0 Å². The standard InChI is InChI=1S/C19H22N6O3S/c1-15-11-16-3-2-4-17(19(16)21-12-15)29(27,28)25-9-7-23(8-10-25)18(26)5-6-24-14-20-13-22-24/h2-4,11-14H,5-10H2,1H3. The van der Waals surface area contributed by atoms with Gasteiger partial charge in [0.1, 0.15) is 17.6 Å². The monoisotopic (exact) mass is 414 g/mol. The molecular formula is C19H22N6O3S. The van der Waals surface area contributed by atoms with E-state index in [1.54, 1.807) is 34.2 Å². The Morgan fingerprint density at radius 2 is 1.97 bits per heavy atom. The first kappa shape index (κ1) is 19.5. The number of fused-ring (bicyclic) bond motifs is 1. The smallest absolute Gasteiger partial charge is 0.245 e. The summed E-state index contributed by atoms with van der Waals surface area (Å²) in [7, 11) is -3.69. The summed E-state index contributed by atoms with van der Waals surface area (Å²) >= 11 is 0. The van der Waals surface area contributed by atoms with Gasteiger partial charge in [-0.15, -0.1) is 0 Å². The Labute approximate surface area is 169 Å². The molecule has 9 nitrogen and oxygen atoms in total. The lowest BCUT2D eigenvalue weighted by Crippen LogP contribution is -2.50. The molecule has 1 aliphatic rings. The lowest BCUT2D eigenvalue weighted by atomic mass is 10.2. The van der Waals surface area contributed by atoms with Gasteiger partial charge in [0, 0.05) is 44.2 Å². The molecule has 0 atom stereocenters. The predicted molar refractivity (Wildman–Crippen MR) is 106 cm³/mol. The van der Waals surface area contributed by atoms with Crippen molar-refractivity contribution in [2.45, 2.75) is 24.8 Å². The summed E-state index contributed by atoms with van der Waals surface area (Å²) in [4.78, 5) is 22.5. The van der Waals surface area contributed by atoms with Gasteiger partial charge < -0.3 is 4.90 Å². The molecule has 0 aliphatic carbocycles. The van der Waals surface area contributed by atoms with Crippen molar-refractivity contribution in [3.63, 3.8) is 0 Å². The summed E-state index contributed by atoms with van der Waals surface area (Å²) in [5.74, 6) is -0.0140. The van der Waals surface area contributed by atoms with Crippen LogP contribution in [0.3, 0.4) is 0 Å². The molecule has 29 heavy (non-hydrogen) atoms. The highest BCUT2D eigenvalue weighted by Crippen LogP contribution is 2.25. The number of para-hydroxylation sites is 1. The molecule has 1 aromatic carbocycles. The molecule has 0 spiro atoms. The number of nitrogens with zero attached hydrogens (tertiary/aromatic N) is 6. The summed E-state index contributed by atoms with van der Waals surface area (Å²) < 4.78 is 29.5. The topological polar surface area (TPSA) is 101 Å². The molecule has 152 valence electrons. The van der Waals surface area contributed by atoms with Crippen molar-refractivity contribution < 1.29 is 13.2 Å². The third kappa shape index (κ3) is 3.99. The number of hydrogen-bond acceptors (Lipinski definition) is 6. The largest absolute Gasteiger partial charge is 0.340 e. The molecule has 1 amide bonds. The number of carbonyl (C=O) groups excluding carboxylic acids is 1. The zero-order chi connectivity index (χ0) is 20.4. The second-order valence-electron chi connectivity index (χ2n) is 7.03. The van der Waals surface area contributed by atoms with Crippen LogP contribution in [0.5, 0.6) is 0 Å². The maximum absolute atomic E-state index is 13.2. The fourth-order valence-corrected chi connectivity index (χ4v) is 5.07. The molecule has 1 fully saturated rings. The third-order valence-electron chi connectivity index (χ3n) is 5.04. The van der Waals surface area contributed by atoms with E-state index in [0.717, 1.165) is 10.9 Å². The predicted octanol–water partition coefficient (Wildman–Crippen LogP) is 1.06. The highest BCUT2D eigenvalue weighted by Gasteiger charge is 2.31. The van der Waals surface area contributed by atoms with E-state index in [4.69, 9.17) is 0 Å². The minimum atomic E-state index is -3.69. The number of carbonyl (C=O) groups is 1. The first-order chi connectivity index (χ1) is 13.9. The first-order valence-corrected chi connectivity index (χ1v) is 10.8. The maximum atomic E-state index is 13.2. The highest BCUT2D eigenvalue weighted by molar-refractivity contribution is 7.89. The number of sulfonamides is 1. The molecule has 0 N–H and O–H groups in total. The van der Waals surface area contributed by atoms with Crippen LogP contribution in [0.2, 0.25) is 0 Å². The summed E-state index contributed by atoms with van der Waals surface area (Å²) in [6, 6.07) is 7.11. The van der Waals surface area contributed by atoms with Crippen molar-refractivity contribution in [3.05, 3.63) is 48.7 Å². The Kier molecular flexibility index (Phi) is 5.29. The van der Waals surface area contributed by atoms with Gasteiger partial charge >= 0.3 is 0 Å². The van der Waals surface area contributed by atoms with Crippen LogP contribution in [0, 0.1) is 6.92 Å². The minimum Gasteiger partial charge on any atom is -0.340 e. The molecular weight excluding hydrogens is 392 g/mol. The third-order valence-corrected chi connectivity index (χ3v) is 6.97. The van der Waals surface area contributed by atoms with Gasteiger partial charge in [0.2, 0.25) is 15.9 Å². The molecule has 1 aliphatic heterocycles. The minimum absolute atomic E-state index is 0.0140. The van der Waals surface area contributed by atoms with E-state index in [2.05, 4.69) is 15.1 Å². The quantitative estimate of drug-likeness (QED) is 0.619. The van der Waals surface area contributed by atoms with Crippen LogP contribution in [0.15, 0.2) is 48.0 Å². The molecule has 3 heterocycles. The molecule has 0 saturated carbocycles.